The van der Waals surface area contributed by atoms with Crippen molar-refractivity contribution in [3.8, 4) is 23.0 Å². The molecule has 2 aromatic carbocycles. The van der Waals surface area contributed by atoms with Gasteiger partial charge in [0.05, 0.1) is 33.9 Å². The maximum atomic E-state index is 15.6. The van der Waals surface area contributed by atoms with E-state index in [4.69, 9.17) is 16.7 Å². The Morgan fingerprint density at radius 3 is 2.17 bits per heavy atom. The zero-order valence-corrected chi connectivity index (χ0v) is 39.1. The van der Waals surface area contributed by atoms with Crippen LogP contribution in [0.15, 0.2) is 54.6 Å². The number of amides is 2. The number of alkyl halides is 8. The Kier molecular flexibility index (Phi) is 13.2. The van der Waals surface area contributed by atoms with Crippen LogP contribution in [0.1, 0.15) is 66.1 Å². The summed E-state index contributed by atoms with van der Waals surface area (Å²) in [7, 11) is -8.83. The quantitative estimate of drug-likeness (QED) is 0.0685. The normalized spacial score (nSPS) is 17.1. The molecule has 3 atom stereocenters. The molecule has 7 rings (SSSR count). The number of aromatic nitrogens is 5. The van der Waals surface area contributed by atoms with Crippen molar-refractivity contribution in [2.75, 3.05) is 16.8 Å². The second kappa shape index (κ2) is 17.9. The number of nitrogens with zero attached hydrogens (tertiary/aromatic N) is 6. The van der Waals surface area contributed by atoms with Gasteiger partial charge in [0.25, 0.3) is 11.8 Å². The first kappa shape index (κ1) is 52.3. The first-order chi connectivity index (χ1) is 32.6. The van der Waals surface area contributed by atoms with Crippen LogP contribution in [0.2, 0.25) is 5.02 Å². The van der Waals surface area contributed by atoms with E-state index in [-0.39, 0.29) is 49.1 Å². The Labute approximate surface area is 400 Å². The van der Waals surface area contributed by atoms with Crippen molar-refractivity contribution in [3.05, 3.63) is 105 Å². The predicted molar refractivity (Wildman–Crippen MR) is 232 cm³/mol. The number of carbonyl (C=O) groups excluding carboxylic acids is 2. The van der Waals surface area contributed by atoms with Crippen LogP contribution in [0.4, 0.5) is 49.7 Å². The number of benzene rings is 2. The van der Waals surface area contributed by atoms with Gasteiger partial charge in [0.15, 0.2) is 21.3 Å². The lowest BCUT2D eigenvalue weighted by atomic mass is 9.93. The number of hydrogen-bond donors (Lipinski definition) is 2. The summed E-state index contributed by atoms with van der Waals surface area (Å²) in [4.78, 5) is 43.2. The molecular formula is C43H34ClF10N7O8S2. The highest BCUT2D eigenvalue weighted by Gasteiger charge is 2.68. The fourth-order valence-corrected chi connectivity index (χ4v) is 9.34. The summed E-state index contributed by atoms with van der Waals surface area (Å²) in [6.07, 6.45) is -9.66. The summed E-state index contributed by atoms with van der Waals surface area (Å²) in [5.41, 5.74) is -6.22. The Morgan fingerprint density at radius 2 is 1.59 bits per heavy atom. The molecule has 1 fully saturated rings. The predicted octanol–water partition coefficient (Wildman–Crippen LogP) is 7.22. The van der Waals surface area contributed by atoms with E-state index in [1.807, 2.05) is 0 Å². The number of sulfonamides is 1. The van der Waals surface area contributed by atoms with E-state index in [0.717, 1.165) is 42.7 Å². The Morgan fingerprint density at radius 1 is 0.958 bits per heavy atom. The van der Waals surface area contributed by atoms with Crippen molar-refractivity contribution in [1.82, 2.24) is 29.9 Å². The minimum atomic E-state index is -5.24. The molecule has 1 unspecified atom stereocenters. The maximum absolute atomic E-state index is 15.6. The number of rotatable bonds is 13. The molecule has 28 heteroatoms. The van der Waals surface area contributed by atoms with Crippen molar-refractivity contribution in [2.45, 2.75) is 74.8 Å². The minimum Gasteiger partial charge on any atom is -0.478 e. The van der Waals surface area contributed by atoms with E-state index in [2.05, 4.69) is 32.3 Å². The molecule has 2 amide bonds. The molecule has 71 heavy (non-hydrogen) atoms. The molecule has 15 nitrogen and oxygen atoms in total. The first-order valence-corrected chi connectivity index (χ1v) is 24.5. The topological polar surface area (TPSA) is 204 Å². The van der Waals surface area contributed by atoms with Gasteiger partial charge in [0, 0.05) is 47.1 Å². The summed E-state index contributed by atoms with van der Waals surface area (Å²) in [5.74, 6) is -9.67. The molecule has 3 heterocycles. The molecule has 378 valence electrons. The van der Waals surface area contributed by atoms with Crippen LogP contribution >= 0.6 is 11.6 Å². The molecular weight excluding hydrogens is 1030 g/mol. The van der Waals surface area contributed by atoms with Crippen LogP contribution in [0.3, 0.4) is 0 Å². The van der Waals surface area contributed by atoms with Gasteiger partial charge in [0.1, 0.15) is 40.9 Å². The molecule has 0 saturated heterocycles. The van der Waals surface area contributed by atoms with E-state index < -0.39 is 160 Å². The fraction of sp³-hybridized carbons (Fsp3) is 0.349. The van der Waals surface area contributed by atoms with Crippen LogP contribution in [-0.2, 0) is 65.9 Å². The van der Waals surface area contributed by atoms with Crippen LogP contribution < -0.4 is 9.62 Å². The molecule has 2 aliphatic carbocycles. The number of pyridine rings is 1. The molecule has 5 aromatic rings. The lowest BCUT2D eigenvalue weighted by Crippen LogP contribution is -2.35. The number of anilines is 1. The molecule has 0 bridgehead atoms. The van der Waals surface area contributed by atoms with Gasteiger partial charge in [-0.05, 0) is 74.4 Å². The second-order valence-electron chi connectivity index (χ2n) is 17.1. The van der Waals surface area contributed by atoms with E-state index in [1.54, 1.807) is 0 Å². The SMILES string of the molecule is CC(C)(C#Cc1ccc(-c2ccc(Cl)c3c(N(C(=O)/C=C/C(=O)O)S(C)(=O)=O)nn(CC(F)(F)F)c23)c([C@H](Cc2cc(F)cc(F)c2)NC(=O)Cn2nc(C(F)(F)F)c3c2C(F)(F)C2C[C@H]32)n1)S(C)(=O)=O. The Hall–Kier alpha value is -6.53. The number of carboxylic acids is 1. The Balaban J connectivity index is 1.50. The lowest BCUT2D eigenvalue weighted by molar-refractivity contribution is -0.143. The number of nitrogens with one attached hydrogen (secondary N) is 1. The third-order valence-electron chi connectivity index (χ3n) is 11.4. The van der Waals surface area contributed by atoms with Crippen molar-refractivity contribution in [3.63, 3.8) is 0 Å². The minimum absolute atomic E-state index is 0.135. The molecule has 0 radical (unpaired) electrons. The number of aliphatic carboxylic acids is 1. The largest absolute Gasteiger partial charge is 0.478 e. The highest BCUT2D eigenvalue weighted by atomic mass is 35.5. The van der Waals surface area contributed by atoms with Gasteiger partial charge >= 0.3 is 18.3 Å². The van der Waals surface area contributed by atoms with Gasteiger partial charge in [-0.15, -0.1) is 0 Å². The first-order valence-electron chi connectivity index (χ1n) is 20.3. The van der Waals surface area contributed by atoms with Gasteiger partial charge in [-0.25, -0.2) is 35.4 Å². The van der Waals surface area contributed by atoms with Gasteiger partial charge in [-0.2, -0.15) is 49.6 Å². The summed E-state index contributed by atoms with van der Waals surface area (Å²) in [5, 5.41) is 17.4. The van der Waals surface area contributed by atoms with Crippen molar-refractivity contribution >= 4 is 66.0 Å². The zero-order chi connectivity index (χ0) is 52.7. The van der Waals surface area contributed by atoms with Crippen molar-refractivity contribution < 1.29 is 80.2 Å². The smallest absolute Gasteiger partial charge is 0.435 e. The van der Waals surface area contributed by atoms with Gasteiger partial charge < -0.3 is 10.4 Å². The molecule has 1 saturated carbocycles. The number of carboxylic acid groups (broad SMARTS) is 1. The van der Waals surface area contributed by atoms with E-state index in [1.165, 1.54) is 13.8 Å². The van der Waals surface area contributed by atoms with E-state index in [9.17, 15) is 66.3 Å². The summed E-state index contributed by atoms with van der Waals surface area (Å²) in [6, 6.07) is 4.47. The van der Waals surface area contributed by atoms with Crippen LogP contribution in [0.5, 0.6) is 0 Å². The maximum Gasteiger partial charge on any atom is 0.435 e. The fourth-order valence-electron chi connectivity index (χ4n) is 8.04. The standard InChI is InChI=1S/C43H34ClF10N7O8S2/c1-40(2,70(3,66)67)12-11-23-5-6-24(25-7-8-28(44)34-36(25)60(19-41(47,48)49)58-39(34)61(71(4,68)69)31(63)9-10-32(64)65)35(55-23)29(15-20-13-21(45)16-22(46)14-20)56-30(62)18-59-38-33(37(57-59)43(52,53)54)26-17-27(26)42(38,50)51/h5-10,13-14,16,26-27,29H,15,17-19H2,1-4H3,(H,56,62)(H,64,65)/b10-9+/t26-,27?,29-/m0/s1. The lowest BCUT2D eigenvalue weighted by Gasteiger charge is -2.23. The zero-order valence-electron chi connectivity index (χ0n) is 36.7. The van der Waals surface area contributed by atoms with Crippen LogP contribution in [0.25, 0.3) is 22.0 Å². The van der Waals surface area contributed by atoms with E-state index >= 15 is 8.78 Å². The molecule has 2 N–H and O–H groups in total. The summed E-state index contributed by atoms with van der Waals surface area (Å²) in [6.45, 7) is -0.927. The summed E-state index contributed by atoms with van der Waals surface area (Å²) < 4.78 is 196. The highest BCUT2D eigenvalue weighted by Crippen LogP contribution is 2.68. The molecule has 0 spiro atoms. The molecule has 2 aliphatic rings. The number of carbonyl (C=O) groups is 3. The number of sulfone groups is 1. The monoisotopic (exact) mass is 1070 g/mol. The molecule has 0 aliphatic heterocycles. The number of fused-ring (bicyclic) bond motifs is 4. The van der Waals surface area contributed by atoms with E-state index in [0.29, 0.717) is 12.3 Å². The average Bonchev–Trinajstić information content (AvgIpc) is 3.73. The number of hydrogen-bond acceptors (Lipinski definition) is 10. The highest BCUT2D eigenvalue weighted by molar-refractivity contribution is 7.93. The van der Waals surface area contributed by atoms with Crippen LogP contribution in [-0.4, -0.2) is 87.7 Å². The average molecular weight is 1070 g/mol. The van der Waals surface area contributed by atoms with Gasteiger partial charge in [0.2, 0.25) is 15.9 Å². The third-order valence-corrected chi connectivity index (χ3v) is 14.7. The second-order valence-corrected chi connectivity index (χ2v) is 21.9. The van der Waals surface area contributed by atoms with Gasteiger partial charge in [-0.3, -0.25) is 19.0 Å². The van der Waals surface area contributed by atoms with Crippen molar-refractivity contribution in [2.24, 2.45) is 5.92 Å². The van der Waals surface area contributed by atoms with Crippen molar-refractivity contribution in [1.29, 1.82) is 0 Å². The summed E-state index contributed by atoms with van der Waals surface area (Å²) >= 11 is 6.54. The Bertz CT molecular complexity index is 3380. The number of halogens is 11. The van der Waals surface area contributed by atoms with Gasteiger partial charge in [-0.1, -0.05) is 23.6 Å². The van der Waals surface area contributed by atoms with Crippen LogP contribution in [0, 0.1) is 29.4 Å². The molecule has 3 aromatic heterocycles. The third kappa shape index (κ3) is 10.6.